The lowest BCUT2D eigenvalue weighted by atomic mass is 10.1. The van der Waals surface area contributed by atoms with E-state index in [-0.39, 0.29) is 23.3 Å². The van der Waals surface area contributed by atoms with Crippen molar-refractivity contribution in [3.05, 3.63) is 54.3 Å². The smallest absolute Gasteiger partial charge is 0.244 e. The molecule has 1 N–H and O–H groups in total. The number of fused-ring (bicyclic) bond motifs is 1. The molecule has 1 amide bonds. The van der Waals surface area contributed by atoms with Crippen LogP contribution in [-0.2, 0) is 14.8 Å². The molecule has 0 unspecified atom stereocenters. The number of nitrogens with one attached hydrogen (secondary N) is 1. The van der Waals surface area contributed by atoms with Crippen LogP contribution in [0, 0.1) is 6.92 Å². The predicted octanol–water partition coefficient (Wildman–Crippen LogP) is 3.56. The Morgan fingerprint density at radius 1 is 1.21 bits per heavy atom. The number of hydrogen-bond donors (Lipinski definition) is 1. The van der Waals surface area contributed by atoms with E-state index in [1.165, 1.54) is 4.31 Å². The van der Waals surface area contributed by atoms with E-state index in [9.17, 15) is 13.2 Å². The van der Waals surface area contributed by atoms with Crippen molar-refractivity contribution in [2.75, 3.05) is 11.9 Å². The molecule has 3 aromatic rings. The zero-order valence-electron chi connectivity index (χ0n) is 16.0. The Morgan fingerprint density at radius 2 is 1.93 bits per heavy atom. The first-order valence-electron chi connectivity index (χ1n) is 9.05. The van der Waals surface area contributed by atoms with Gasteiger partial charge in [0.25, 0.3) is 0 Å². The number of aromatic nitrogens is 1. The molecular formula is C20H23N3O4S. The molecule has 8 heteroatoms. The van der Waals surface area contributed by atoms with Gasteiger partial charge in [0.05, 0.1) is 11.4 Å². The molecule has 1 aromatic heterocycles. The van der Waals surface area contributed by atoms with Crippen LogP contribution >= 0.6 is 0 Å². The number of sulfonamides is 1. The van der Waals surface area contributed by atoms with Gasteiger partial charge >= 0.3 is 0 Å². The van der Waals surface area contributed by atoms with Gasteiger partial charge in [-0.2, -0.15) is 4.31 Å². The Labute approximate surface area is 164 Å². The summed E-state index contributed by atoms with van der Waals surface area (Å²) < 4.78 is 33.1. The van der Waals surface area contributed by atoms with Crippen LogP contribution in [0.4, 0.5) is 5.82 Å². The highest BCUT2D eigenvalue weighted by molar-refractivity contribution is 7.89. The van der Waals surface area contributed by atoms with Crippen molar-refractivity contribution in [3.63, 3.8) is 0 Å². The third-order valence-electron chi connectivity index (χ3n) is 4.61. The molecule has 1 heterocycles. The van der Waals surface area contributed by atoms with Crippen LogP contribution in [0.15, 0.2) is 57.9 Å². The van der Waals surface area contributed by atoms with Crippen molar-refractivity contribution < 1.29 is 17.7 Å². The van der Waals surface area contributed by atoms with Gasteiger partial charge in [0.1, 0.15) is 5.76 Å². The quantitative estimate of drug-likeness (QED) is 0.653. The second kappa shape index (κ2) is 8.12. The topological polar surface area (TPSA) is 92.5 Å². The van der Waals surface area contributed by atoms with E-state index < -0.39 is 15.9 Å². The fourth-order valence-corrected chi connectivity index (χ4v) is 4.85. The Balaban J connectivity index is 1.94. The van der Waals surface area contributed by atoms with Crippen molar-refractivity contribution in [2.24, 2.45) is 0 Å². The van der Waals surface area contributed by atoms with Crippen LogP contribution in [0.2, 0.25) is 0 Å². The zero-order chi connectivity index (χ0) is 20.3. The van der Waals surface area contributed by atoms with Crippen molar-refractivity contribution >= 4 is 32.5 Å². The highest BCUT2D eigenvalue weighted by atomic mass is 32.2. The van der Waals surface area contributed by atoms with Crippen LogP contribution in [-0.4, -0.2) is 36.4 Å². The summed E-state index contributed by atoms with van der Waals surface area (Å²) in [5.74, 6) is 0.337. The number of benzene rings is 2. The van der Waals surface area contributed by atoms with Gasteiger partial charge in [-0.05, 0) is 31.7 Å². The standard InChI is InChI=1S/C20H23N3O4S/c1-4-14(2)23(13-20(24)21-19-12-15(3)27-22-19)28(25,26)18-11-7-9-16-8-5-6-10-17(16)18/h5-12,14H,4,13H2,1-3H3,(H,21,22,24)/t14-/m0/s1. The average Bonchev–Trinajstić information content (AvgIpc) is 3.09. The third kappa shape index (κ3) is 4.07. The number of aryl methyl sites for hydroxylation is 1. The summed E-state index contributed by atoms with van der Waals surface area (Å²) in [4.78, 5) is 12.7. The molecule has 0 bridgehead atoms. The van der Waals surface area contributed by atoms with Gasteiger partial charge in [0.15, 0.2) is 5.82 Å². The minimum atomic E-state index is -3.89. The van der Waals surface area contributed by atoms with Crippen LogP contribution in [0.5, 0.6) is 0 Å². The van der Waals surface area contributed by atoms with Gasteiger partial charge in [-0.15, -0.1) is 0 Å². The first kappa shape index (κ1) is 20.0. The summed E-state index contributed by atoms with van der Waals surface area (Å²) in [5.41, 5.74) is 0. The van der Waals surface area contributed by atoms with Crippen LogP contribution in [0.1, 0.15) is 26.0 Å². The van der Waals surface area contributed by atoms with E-state index in [4.69, 9.17) is 4.52 Å². The number of hydrogen-bond acceptors (Lipinski definition) is 5. The first-order chi connectivity index (χ1) is 13.3. The summed E-state index contributed by atoms with van der Waals surface area (Å²) >= 11 is 0. The molecule has 0 aliphatic carbocycles. The number of nitrogens with zero attached hydrogens (tertiary/aromatic N) is 2. The molecule has 28 heavy (non-hydrogen) atoms. The maximum atomic E-state index is 13.5. The highest BCUT2D eigenvalue weighted by Crippen LogP contribution is 2.27. The van der Waals surface area contributed by atoms with Crippen LogP contribution in [0.25, 0.3) is 10.8 Å². The Bertz CT molecular complexity index is 1090. The molecule has 0 radical (unpaired) electrons. The van der Waals surface area contributed by atoms with E-state index in [1.54, 1.807) is 44.2 Å². The normalized spacial score (nSPS) is 13.0. The van der Waals surface area contributed by atoms with Crippen LogP contribution in [0.3, 0.4) is 0 Å². The number of rotatable bonds is 7. The number of carbonyl (C=O) groups excluding carboxylic acids is 1. The van der Waals surface area contributed by atoms with Crippen LogP contribution < -0.4 is 5.32 Å². The molecular weight excluding hydrogens is 378 g/mol. The summed E-state index contributed by atoms with van der Waals surface area (Å²) in [5, 5.41) is 7.76. The minimum Gasteiger partial charge on any atom is -0.360 e. The number of amides is 1. The van der Waals surface area contributed by atoms with Crippen molar-refractivity contribution in [3.8, 4) is 0 Å². The highest BCUT2D eigenvalue weighted by Gasteiger charge is 2.31. The summed E-state index contributed by atoms with van der Waals surface area (Å²) in [6.45, 7) is 5.07. The largest absolute Gasteiger partial charge is 0.360 e. The Kier molecular flexibility index (Phi) is 5.81. The molecule has 3 rings (SSSR count). The molecule has 0 aliphatic heterocycles. The minimum absolute atomic E-state index is 0.191. The molecule has 2 aromatic carbocycles. The number of anilines is 1. The molecule has 1 atom stereocenters. The van der Waals surface area contributed by atoms with Gasteiger partial charge in [0.2, 0.25) is 15.9 Å². The molecule has 148 valence electrons. The van der Waals surface area contributed by atoms with Gasteiger partial charge in [0, 0.05) is 17.5 Å². The molecule has 0 saturated heterocycles. The Morgan fingerprint density at radius 3 is 2.61 bits per heavy atom. The summed E-state index contributed by atoms with van der Waals surface area (Å²) in [6, 6.07) is 13.7. The SMILES string of the molecule is CC[C@H](C)N(CC(=O)Nc1cc(C)on1)S(=O)(=O)c1cccc2ccccc12. The fraction of sp³-hybridized carbons (Fsp3) is 0.300. The summed E-state index contributed by atoms with van der Waals surface area (Å²) in [6.07, 6.45) is 0.570. The van der Waals surface area contributed by atoms with Gasteiger partial charge in [-0.25, -0.2) is 8.42 Å². The maximum absolute atomic E-state index is 13.5. The van der Waals surface area contributed by atoms with Gasteiger partial charge in [-0.3, -0.25) is 4.79 Å². The van der Waals surface area contributed by atoms with Gasteiger partial charge < -0.3 is 9.84 Å². The van der Waals surface area contributed by atoms with E-state index >= 15 is 0 Å². The molecule has 0 fully saturated rings. The predicted molar refractivity (Wildman–Crippen MR) is 107 cm³/mol. The first-order valence-corrected chi connectivity index (χ1v) is 10.5. The lowest BCUT2D eigenvalue weighted by molar-refractivity contribution is -0.116. The Hall–Kier alpha value is -2.71. The van der Waals surface area contributed by atoms with E-state index in [0.717, 1.165) is 5.39 Å². The second-order valence-corrected chi connectivity index (χ2v) is 8.51. The fourth-order valence-electron chi connectivity index (χ4n) is 2.98. The van der Waals surface area contributed by atoms with E-state index in [2.05, 4.69) is 10.5 Å². The monoisotopic (exact) mass is 401 g/mol. The number of carbonyl (C=O) groups is 1. The lowest BCUT2D eigenvalue weighted by Gasteiger charge is -2.27. The molecule has 0 spiro atoms. The second-order valence-electron chi connectivity index (χ2n) is 6.66. The molecule has 0 aliphatic rings. The maximum Gasteiger partial charge on any atom is 0.244 e. The van der Waals surface area contributed by atoms with E-state index in [1.807, 2.05) is 25.1 Å². The van der Waals surface area contributed by atoms with E-state index in [0.29, 0.717) is 17.6 Å². The van der Waals surface area contributed by atoms with Gasteiger partial charge in [-0.1, -0.05) is 48.5 Å². The van der Waals surface area contributed by atoms with Crippen molar-refractivity contribution in [1.82, 2.24) is 9.46 Å². The van der Waals surface area contributed by atoms with Crippen molar-refractivity contribution in [2.45, 2.75) is 38.1 Å². The summed E-state index contributed by atoms with van der Waals surface area (Å²) in [7, 11) is -3.89. The third-order valence-corrected chi connectivity index (χ3v) is 6.63. The lowest BCUT2D eigenvalue weighted by Crippen LogP contribution is -2.43. The molecule has 0 saturated carbocycles. The van der Waals surface area contributed by atoms with Crippen molar-refractivity contribution in [1.29, 1.82) is 0 Å². The average molecular weight is 401 g/mol. The zero-order valence-corrected chi connectivity index (χ0v) is 16.9. The molecule has 7 nitrogen and oxygen atoms in total.